The Balaban J connectivity index is 1.92. The number of benzene rings is 2. The van der Waals surface area contributed by atoms with Crippen LogP contribution in [0.1, 0.15) is 33.0 Å². The molecule has 0 saturated heterocycles. The molecule has 0 saturated carbocycles. The highest BCUT2D eigenvalue weighted by Gasteiger charge is 2.21. The van der Waals surface area contributed by atoms with Crippen molar-refractivity contribution in [2.45, 2.75) is 26.3 Å². The molecule has 7 nitrogen and oxygen atoms in total. The minimum absolute atomic E-state index is 0.0154. The minimum Gasteiger partial charge on any atom is -0.370 e. The van der Waals surface area contributed by atoms with Crippen molar-refractivity contribution < 1.29 is 9.59 Å². The molecule has 0 aliphatic rings. The molecular formula is C22H20N4O3S. The molecule has 2 amide bonds. The first-order valence-corrected chi connectivity index (χ1v) is 10.3. The molecule has 0 aliphatic carbocycles. The normalized spacial score (nSPS) is 11.2. The summed E-state index contributed by atoms with van der Waals surface area (Å²) >= 11 is 1.12. The van der Waals surface area contributed by atoms with E-state index >= 15 is 0 Å². The summed E-state index contributed by atoms with van der Waals surface area (Å²) in [6.45, 7) is 1.81. The summed E-state index contributed by atoms with van der Waals surface area (Å²) in [4.78, 5) is 41.9. The lowest BCUT2D eigenvalue weighted by Crippen LogP contribution is -2.28. The number of rotatable bonds is 6. The van der Waals surface area contributed by atoms with Crippen LogP contribution >= 0.6 is 11.3 Å². The lowest BCUT2D eigenvalue weighted by atomic mass is 10.0. The number of carbonyl (C=O) groups is 2. The summed E-state index contributed by atoms with van der Waals surface area (Å²) in [6, 6.07) is 14.0. The van der Waals surface area contributed by atoms with Crippen molar-refractivity contribution in [2.75, 3.05) is 0 Å². The summed E-state index contributed by atoms with van der Waals surface area (Å²) < 4.78 is 1.49. The average molecular weight is 420 g/mol. The summed E-state index contributed by atoms with van der Waals surface area (Å²) in [7, 11) is 0. The Morgan fingerprint density at radius 1 is 1.10 bits per heavy atom. The molecule has 2 aromatic carbocycles. The number of hydrogen-bond donors (Lipinski definition) is 2. The molecule has 0 aliphatic heterocycles. The summed E-state index contributed by atoms with van der Waals surface area (Å²) in [5, 5.41) is 2.51. The van der Waals surface area contributed by atoms with Gasteiger partial charge in [0.05, 0.1) is 10.3 Å². The first-order valence-electron chi connectivity index (χ1n) is 9.44. The number of fused-ring (bicyclic) bond motifs is 2. The van der Waals surface area contributed by atoms with Crippen molar-refractivity contribution in [2.24, 2.45) is 11.5 Å². The SMILES string of the molecule is Cc1c(C(N)=O)sc2nc(Cc3cccc4ccccc34)n(CCC(N)=O)c(=O)c12. The molecule has 4 aromatic rings. The van der Waals surface area contributed by atoms with E-state index in [-0.39, 0.29) is 18.5 Å². The van der Waals surface area contributed by atoms with Gasteiger partial charge in [-0.3, -0.25) is 19.0 Å². The Kier molecular flexibility index (Phi) is 5.09. The van der Waals surface area contributed by atoms with E-state index in [9.17, 15) is 14.4 Å². The Morgan fingerprint density at radius 3 is 2.57 bits per heavy atom. The van der Waals surface area contributed by atoms with Crippen LogP contribution < -0.4 is 17.0 Å². The van der Waals surface area contributed by atoms with Gasteiger partial charge in [-0.15, -0.1) is 11.3 Å². The third kappa shape index (κ3) is 3.46. The maximum Gasteiger partial charge on any atom is 0.262 e. The van der Waals surface area contributed by atoms with Crippen molar-refractivity contribution >= 4 is 44.1 Å². The van der Waals surface area contributed by atoms with Gasteiger partial charge < -0.3 is 11.5 Å². The first-order chi connectivity index (χ1) is 14.4. The summed E-state index contributed by atoms with van der Waals surface area (Å²) in [5.41, 5.74) is 12.0. The smallest absolute Gasteiger partial charge is 0.262 e. The van der Waals surface area contributed by atoms with Gasteiger partial charge in [-0.1, -0.05) is 42.5 Å². The fourth-order valence-corrected chi connectivity index (χ4v) is 4.74. The highest BCUT2D eigenvalue weighted by Crippen LogP contribution is 2.28. The van der Waals surface area contributed by atoms with Crippen LogP contribution in [-0.2, 0) is 17.8 Å². The lowest BCUT2D eigenvalue weighted by molar-refractivity contribution is -0.118. The van der Waals surface area contributed by atoms with Crippen LogP contribution in [0.25, 0.3) is 21.0 Å². The Labute approximate surface area is 175 Å². The first kappa shape index (κ1) is 19.8. The zero-order valence-electron chi connectivity index (χ0n) is 16.3. The summed E-state index contributed by atoms with van der Waals surface area (Å²) in [5.74, 6) is -0.575. The van der Waals surface area contributed by atoms with Crippen LogP contribution in [0.15, 0.2) is 47.3 Å². The van der Waals surface area contributed by atoms with Crippen LogP contribution in [0.2, 0.25) is 0 Å². The quantitative estimate of drug-likeness (QED) is 0.498. The van der Waals surface area contributed by atoms with E-state index in [1.54, 1.807) is 6.92 Å². The number of amides is 2. The van der Waals surface area contributed by atoms with Crippen molar-refractivity contribution in [1.82, 2.24) is 9.55 Å². The van der Waals surface area contributed by atoms with E-state index < -0.39 is 11.8 Å². The predicted octanol–water partition coefficient (Wildman–Crippen LogP) is 2.48. The summed E-state index contributed by atoms with van der Waals surface area (Å²) in [6.07, 6.45) is 0.412. The van der Waals surface area contributed by atoms with Gasteiger partial charge in [0.15, 0.2) is 0 Å². The molecule has 0 unspecified atom stereocenters. The number of nitrogens with zero attached hydrogens (tertiary/aromatic N) is 2. The van der Waals surface area contributed by atoms with Crippen molar-refractivity contribution in [3.63, 3.8) is 0 Å². The highest BCUT2D eigenvalue weighted by atomic mass is 32.1. The van der Waals surface area contributed by atoms with Gasteiger partial charge in [0.25, 0.3) is 11.5 Å². The second-order valence-electron chi connectivity index (χ2n) is 7.12. The zero-order chi connectivity index (χ0) is 21.4. The molecule has 0 radical (unpaired) electrons. The molecule has 0 atom stereocenters. The van der Waals surface area contributed by atoms with E-state index in [0.717, 1.165) is 27.7 Å². The molecule has 2 aromatic heterocycles. The van der Waals surface area contributed by atoms with Crippen molar-refractivity contribution in [3.05, 3.63) is 74.6 Å². The Bertz CT molecular complexity index is 1370. The van der Waals surface area contributed by atoms with Crippen molar-refractivity contribution in [1.29, 1.82) is 0 Å². The van der Waals surface area contributed by atoms with Gasteiger partial charge >= 0.3 is 0 Å². The van der Waals surface area contributed by atoms with Gasteiger partial charge in [-0.2, -0.15) is 0 Å². The van der Waals surface area contributed by atoms with Crippen molar-refractivity contribution in [3.8, 4) is 0 Å². The van der Waals surface area contributed by atoms with E-state index in [2.05, 4.69) is 0 Å². The van der Waals surface area contributed by atoms with E-state index in [1.165, 1.54) is 4.57 Å². The van der Waals surface area contributed by atoms with Crippen LogP contribution in [0, 0.1) is 6.92 Å². The zero-order valence-corrected chi connectivity index (χ0v) is 17.2. The number of hydrogen-bond acceptors (Lipinski definition) is 5. The average Bonchev–Trinajstić information content (AvgIpc) is 3.04. The molecule has 0 fully saturated rings. The van der Waals surface area contributed by atoms with Crippen LogP contribution in [-0.4, -0.2) is 21.4 Å². The van der Waals surface area contributed by atoms with Crippen LogP contribution in [0.5, 0.6) is 0 Å². The molecule has 30 heavy (non-hydrogen) atoms. The molecule has 0 bridgehead atoms. The van der Waals surface area contributed by atoms with Gasteiger partial charge in [-0.25, -0.2) is 4.98 Å². The number of thiophene rings is 1. The Morgan fingerprint density at radius 2 is 1.83 bits per heavy atom. The molecule has 8 heteroatoms. The van der Waals surface area contributed by atoms with E-state index in [4.69, 9.17) is 16.5 Å². The minimum atomic E-state index is -0.589. The number of nitrogens with two attached hydrogens (primary N) is 2. The number of aromatic nitrogens is 2. The third-order valence-electron chi connectivity index (χ3n) is 5.16. The van der Waals surface area contributed by atoms with Crippen LogP contribution in [0.3, 0.4) is 0 Å². The number of primary amides is 2. The standard InChI is InChI=1S/C22H20N4O3S/c1-12-18-21(30-19(12)20(24)28)25-17(26(22(18)29)10-9-16(23)27)11-14-7-4-6-13-5-2-3-8-15(13)14/h2-8H,9-11H2,1H3,(H2,23,27)(H2,24,28). The Hall–Kier alpha value is -3.52. The van der Waals surface area contributed by atoms with E-state index in [0.29, 0.717) is 32.9 Å². The molecule has 152 valence electrons. The third-order valence-corrected chi connectivity index (χ3v) is 6.36. The number of carbonyl (C=O) groups excluding carboxylic acids is 2. The topological polar surface area (TPSA) is 121 Å². The molecule has 0 spiro atoms. The largest absolute Gasteiger partial charge is 0.370 e. The van der Waals surface area contributed by atoms with Crippen LogP contribution in [0.4, 0.5) is 0 Å². The fraction of sp³-hybridized carbons (Fsp3) is 0.182. The van der Waals surface area contributed by atoms with E-state index in [1.807, 2.05) is 42.5 Å². The fourth-order valence-electron chi connectivity index (χ4n) is 3.70. The maximum absolute atomic E-state index is 13.3. The lowest BCUT2D eigenvalue weighted by Gasteiger charge is -2.13. The molecule has 4 N–H and O–H groups in total. The van der Waals surface area contributed by atoms with Gasteiger partial charge in [0.2, 0.25) is 5.91 Å². The molecule has 2 heterocycles. The number of aryl methyl sites for hydroxylation is 1. The maximum atomic E-state index is 13.3. The second-order valence-corrected chi connectivity index (χ2v) is 8.12. The molecule has 4 rings (SSSR count). The monoisotopic (exact) mass is 420 g/mol. The van der Waals surface area contributed by atoms with Gasteiger partial charge in [0, 0.05) is 19.4 Å². The molecular weight excluding hydrogens is 400 g/mol. The highest BCUT2D eigenvalue weighted by molar-refractivity contribution is 7.20. The predicted molar refractivity (Wildman–Crippen MR) is 118 cm³/mol. The van der Waals surface area contributed by atoms with Gasteiger partial charge in [0.1, 0.15) is 10.7 Å². The second kappa shape index (κ2) is 7.72. The van der Waals surface area contributed by atoms with Gasteiger partial charge in [-0.05, 0) is 28.8 Å².